The van der Waals surface area contributed by atoms with Gasteiger partial charge >= 0.3 is 87.5 Å². The molecule has 0 N–H and O–H groups in total. The van der Waals surface area contributed by atoms with Gasteiger partial charge in [0.1, 0.15) is 0 Å². The Morgan fingerprint density at radius 1 is 0.923 bits per heavy atom. The predicted octanol–water partition coefficient (Wildman–Crippen LogP) is 4.19. The summed E-state index contributed by atoms with van der Waals surface area (Å²) in [6.45, 7) is 0. The van der Waals surface area contributed by atoms with Crippen LogP contribution in [0.25, 0.3) is 0 Å². The van der Waals surface area contributed by atoms with E-state index < -0.39 is 18.4 Å². The van der Waals surface area contributed by atoms with Gasteiger partial charge in [-0.05, 0) is 0 Å². The fourth-order valence-corrected chi connectivity index (χ4v) is 5.13. The predicted molar refractivity (Wildman–Crippen MR) is 61.5 cm³/mol. The topological polar surface area (TPSA) is 23.8 Å². The van der Waals surface area contributed by atoms with Gasteiger partial charge < -0.3 is 0 Å². The summed E-state index contributed by atoms with van der Waals surface area (Å²) in [7, 11) is 0. The average molecular weight is 288 g/mol. The van der Waals surface area contributed by atoms with Crippen LogP contribution in [-0.4, -0.2) is 18.4 Å². The van der Waals surface area contributed by atoms with E-state index in [1.165, 1.54) is 30.1 Å². The molecule has 76 valence electrons. The monoisotopic (exact) mass is 289 g/mol. The van der Waals surface area contributed by atoms with Gasteiger partial charge in [-0.1, -0.05) is 0 Å². The molecule has 0 bridgehead atoms. The molecule has 0 aromatic carbocycles. The van der Waals surface area contributed by atoms with Crippen LogP contribution in [0.3, 0.4) is 0 Å². The van der Waals surface area contributed by atoms with Crippen LogP contribution in [0.1, 0.15) is 38.5 Å². The molecule has 0 aliphatic heterocycles. The molecular weight excluding hydrogens is 265 g/mol. The second kappa shape index (κ2) is 7.67. The second-order valence-corrected chi connectivity index (χ2v) is 21.0. The van der Waals surface area contributed by atoms with Gasteiger partial charge in [-0.2, -0.15) is 0 Å². The molecule has 0 fully saturated rings. The molecule has 0 aliphatic carbocycles. The van der Waals surface area contributed by atoms with Gasteiger partial charge in [-0.3, -0.25) is 0 Å². The van der Waals surface area contributed by atoms with Crippen LogP contribution in [0.15, 0.2) is 0 Å². The Balaban J connectivity index is 3.05. The molecule has 0 spiro atoms. The average Bonchev–Trinajstić information content (AvgIpc) is 2.01. The van der Waals surface area contributed by atoms with Crippen molar-refractivity contribution in [3.63, 3.8) is 0 Å². The van der Waals surface area contributed by atoms with Crippen LogP contribution in [0.5, 0.6) is 0 Å². The number of nitriles is 1. The third-order valence-corrected chi connectivity index (χ3v) is 7.51. The van der Waals surface area contributed by atoms with Crippen molar-refractivity contribution >= 4 is 18.4 Å². The molecular formula is C11H23NSn. The van der Waals surface area contributed by atoms with E-state index in [0.29, 0.717) is 0 Å². The Morgan fingerprint density at radius 3 is 2.00 bits per heavy atom. The summed E-state index contributed by atoms with van der Waals surface area (Å²) in [6, 6.07) is 2.19. The van der Waals surface area contributed by atoms with Crippen LogP contribution >= 0.6 is 0 Å². The molecule has 0 aliphatic rings. The van der Waals surface area contributed by atoms with Gasteiger partial charge in [-0.25, -0.2) is 0 Å². The number of nitrogens with zero attached hydrogens (tertiary/aromatic N) is 1. The van der Waals surface area contributed by atoms with Gasteiger partial charge in [0, 0.05) is 0 Å². The first-order valence-electron chi connectivity index (χ1n) is 5.43. The second-order valence-electron chi connectivity index (χ2n) is 4.99. The van der Waals surface area contributed by atoms with Crippen molar-refractivity contribution in [2.24, 2.45) is 0 Å². The van der Waals surface area contributed by atoms with Crippen molar-refractivity contribution in [2.75, 3.05) is 0 Å². The van der Waals surface area contributed by atoms with E-state index in [4.69, 9.17) is 5.26 Å². The van der Waals surface area contributed by atoms with Gasteiger partial charge in [0.25, 0.3) is 0 Å². The summed E-state index contributed by atoms with van der Waals surface area (Å²) < 4.78 is 1.53. The fraction of sp³-hybridized carbons (Fsp3) is 0.909. The van der Waals surface area contributed by atoms with E-state index >= 15 is 0 Å². The first-order valence-corrected chi connectivity index (χ1v) is 16.0. The zero-order chi connectivity index (χ0) is 10.2. The van der Waals surface area contributed by atoms with Crippen LogP contribution < -0.4 is 0 Å². The maximum atomic E-state index is 8.33. The Kier molecular flexibility index (Phi) is 7.84. The van der Waals surface area contributed by atoms with Crippen LogP contribution in [0, 0.1) is 11.3 Å². The molecule has 1 nitrogen and oxygen atoms in total. The molecule has 0 aromatic rings. The van der Waals surface area contributed by atoms with Gasteiger partial charge in [-0.15, -0.1) is 0 Å². The maximum absolute atomic E-state index is 8.33. The summed E-state index contributed by atoms with van der Waals surface area (Å²) in [5.41, 5.74) is 0. The fourth-order valence-electron chi connectivity index (χ4n) is 1.39. The molecule has 0 heterocycles. The summed E-state index contributed by atoms with van der Waals surface area (Å²) in [5.74, 6) is 0. The molecule has 0 rings (SSSR count). The number of hydrogen-bond donors (Lipinski definition) is 0. The van der Waals surface area contributed by atoms with Gasteiger partial charge in [0.15, 0.2) is 0 Å². The summed E-state index contributed by atoms with van der Waals surface area (Å²) in [5, 5.41) is 8.33. The minimum atomic E-state index is -1.44. The van der Waals surface area contributed by atoms with Crippen molar-refractivity contribution in [1.82, 2.24) is 0 Å². The summed E-state index contributed by atoms with van der Waals surface area (Å²) in [6.07, 6.45) is 7.27. The van der Waals surface area contributed by atoms with Crippen LogP contribution in [0.2, 0.25) is 19.3 Å². The number of rotatable bonds is 7. The molecule has 0 radical (unpaired) electrons. The zero-order valence-corrected chi connectivity index (χ0v) is 12.3. The third-order valence-electron chi connectivity index (χ3n) is 2.22. The Bertz CT molecular complexity index is 152. The van der Waals surface area contributed by atoms with Gasteiger partial charge in [0.2, 0.25) is 0 Å². The van der Waals surface area contributed by atoms with Crippen LogP contribution in [-0.2, 0) is 0 Å². The standard InChI is InChI=1S/C8H14N.3CH3.Sn/c1-2-3-4-5-6-7-8-9;;;;/h1-7H2;3*1H3;. The molecule has 0 unspecified atom stereocenters. The molecule has 13 heavy (non-hydrogen) atoms. The van der Waals surface area contributed by atoms with E-state index in [9.17, 15) is 0 Å². The van der Waals surface area contributed by atoms with E-state index in [-0.39, 0.29) is 0 Å². The normalized spacial score (nSPS) is 11.2. The van der Waals surface area contributed by atoms with E-state index in [0.717, 1.165) is 12.8 Å². The number of hydrogen-bond acceptors (Lipinski definition) is 1. The van der Waals surface area contributed by atoms with E-state index in [1.54, 1.807) is 0 Å². The third kappa shape index (κ3) is 12.3. The first kappa shape index (κ1) is 13.3. The summed E-state index contributed by atoms with van der Waals surface area (Å²) in [4.78, 5) is 7.51. The van der Waals surface area contributed by atoms with Crippen LogP contribution in [0.4, 0.5) is 0 Å². The Hall–Kier alpha value is 0.289. The van der Waals surface area contributed by atoms with Crippen molar-refractivity contribution in [3.8, 4) is 6.07 Å². The molecule has 0 amide bonds. The van der Waals surface area contributed by atoms with Crippen molar-refractivity contribution in [2.45, 2.75) is 57.8 Å². The molecule has 0 saturated carbocycles. The first-order chi connectivity index (χ1) is 6.06. The van der Waals surface area contributed by atoms with E-state index in [2.05, 4.69) is 20.9 Å². The SMILES string of the molecule is [CH3][Sn]([CH3])([CH3])[CH2]CCCCCCC#N. The van der Waals surface area contributed by atoms with Gasteiger partial charge in [0.05, 0.1) is 0 Å². The molecule has 0 saturated heterocycles. The quantitative estimate of drug-likeness (QED) is 0.509. The van der Waals surface area contributed by atoms with Crippen molar-refractivity contribution in [1.29, 1.82) is 5.26 Å². The van der Waals surface area contributed by atoms with E-state index in [1.807, 2.05) is 0 Å². The zero-order valence-electron chi connectivity index (χ0n) is 9.40. The molecule has 0 aromatic heterocycles. The number of unbranched alkanes of at least 4 members (excludes halogenated alkanes) is 5. The van der Waals surface area contributed by atoms with Crippen molar-refractivity contribution < 1.29 is 0 Å². The molecule has 0 atom stereocenters. The van der Waals surface area contributed by atoms with Crippen molar-refractivity contribution in [3.05, 3.63) is 0 Å². The Labute approximate surface area is 87.4 Å². The summed E-state index contributed by atoms with van der Waals surface area (Å²) >= 11 is -1.44. The minimum absolute atomic E-state index is 0.749. The Morgan fingerprint density at radius 2 is 1.46 bits per heavy atom. The molecule has 2 heteroatoms.